The van der Waals surface area contributed by atoms with Gasteiger partial charge in [0.25, 0.3) is 5.89 Å². The second-order valence-corrected chi connectivity index (χ2v) is 9.89. The standard InChI is InChI=1S/C20H20BrN3O3S/c1-14-10-12-24(13-11-14)28(25,26)18-8-4-15(5-9-18)19-22-20(27-23-19)16-2-6-17(21)7-3-16/h2-9,14H,10-13H2,1H3. The minimum Gasteiger partial charge on any atom is -0.334 e. The number of hydrogen-bond acceptors (Lipinski definition) is 5. The molecular weight excluding hydrogens is 442 g/mol. The number of rotatable bonds is 4. The van der Waals surface area contributed by atoms with Crippen molar-refractivity contribution in [2.45, 2.75) is 24.7 Å². The van der Waals surface area contributed by atoms with Crippen LogP contribution in [0.3, 0.4) is 0 Å². The number of benzene rings is 2. The Morgan fingerprint density at radius 3 is 2.25 bits per heavy atom. The number of halogens is 1. The summed E-state index contributed by atoms with van der Waals surface area (Å²) in [6, 6.07) is 14.2. The highest BCUT2D eigenvalue weighted by molar-refractivity contribution is 9.10. The van der Waals surface area contributed by atoms with Gasteiger partial charge in [0.15, 0.2) is 0 Å². The monoisotopic (exact) mass is 461 g/mol. The summed E-state index contributed by atoms with van der Waals surface area (Å²) in [6.45, 7) is 3.31. The van der Waals surface area contributed by atoms with Gasteiger partial charge in [-0.25, -0.2) is 8.42 Å². The number of piperidine rings is 1. The van der Waals surface area contributed by atoms with Gasteiger partial charge in [-0.2, -0.15) is 9.29 Å². The van der Waals surface area contributed by atoms with Crippen molar-refractivity contribution in [3.63, 3.8) is 0 Å². The molecule has 0 unspecified atom stereocenters. The van der Waals surface area contributed by atoms with Crippen LogP contribution < -0.4 is 0 Å². The minimum absolute atomic E-state index is 0.294. The lowest BCUT2D eigenvalue weighted by molar-refractivity contribution is 0.288. The van der Waals surface area contributed by atoms with Gasteiger partial charge >= 0.3 is 0 Å². The van der Waals surface area contributed by atoms with E-state index < -0.39 is 10.0 Å². The molecule has 0 N–H and O–H groups in total. The quantitative estimate of drug-likeness (QED) is 0.567. The van der Waals surface area contributed by atoms with E-state index in [2.05, 4.69) is 33.0 Å². The molecule has 0 aliphatic carbocycles. The molecule has 6 nitrogen and oxygen atoms in total. The third-order valence-corrected chi connectivity index (χ3v) is 7.45. The van der Waals surface area contributed by atoms with Crippen LogP contribution in [-0.2, 0) is 10.0 Å². The van der Waals surface area contributed by atoms with Crippen molar-refractivity contribution in [2.24, 2.45) is 5.92 Å². The maximum Gasteiger partial charge on any atom is 0.258 e. The normalized spacial score (nSPS) is 16.4. The molecule has 0 radical (unpaired) electrons. The molecule has 1 aromatic heterocycles. The van der Waals surface area contributed by atoms with Crippen molar-refractivity contribution in [3.8, 4) is 22.8 Å². The van der Waals surface area contributed by atoms with E-state index in [0.29, 0.717) is 41.2 Å². The molecule has 28 heavy (non-hydrogen) atoms. The molecule has 0 saturated carbocycles. The Hall–Kier alpha value is -2.03. The molecule has 0 amide bonds. The molecule has 0 bridgehead atoms. The fourth-order valence-electron chi connectivity index (χ4n) is 3.20. The van der Waals surface area contributed by atoms with Crippen LogP contribution in [0.1, 0.15) is 19.8 Å². The van der Waals surface area contributed by atoms with E-state index in [1.54, 1.807) is 28.6 Å². The predicted molar refractivity (Wildman–Crippen MR) is 110 cm³/mol. The van der Waals surface area contributed by atoms with Crippen molar-refractivity contribution >= 4 is 26.0 Å². The summed E-state index contributed by atoms with van der Waals surface area (Å²) in [5.41, 5.74) is 1.53. The molecule has 8 heteroatoms. The van der Waals surface area contributed by atoms with E-state index in [-0.39, 0.29) is 0 Å². The van der Waals surface area contributed by atoms with Crippen LogP contribution in [0.25, 0.3) is 22.8 Å². The number of sulfonamides is 1. The van der Waals surface area contributed by atoms with E-state index >= 15 is 0 Å². The van der Waals surface area contributed by atoms with E-state index in [1.807, 2.05) is 24.3 Å². The van der Waals surface area contributed by atoms with Crippen LogP contribution in [0.2, 0.25) is 0 Å². The zero-order valence-electron chi connectivity index (χ0n) is 15.4. The summed E-state index contributed by atoms with van der Waals surface area (Å²) < 4.78 is 33.5. The Morgan fingerprint density at radius 1 is 1.00 bits per heavy atom. The van der Waals surface area contributed by atoms with E-state index in [0.717, 1.165) is 22.9 Å². The van der Waals surface area contributed by atoms with Crippen LogP contribution in [0.15, 0.2) is 62.4 Å². The van der Waals surface area contributed by atoms with Crippen molar-refractivity contribution < 1.29 is 12.9 Å². The van der Waals surface area contributed by atoms with Gasteiger partial charge < -0.3 is 4.52 Å². The maximum atomic E-state index is 12.8. The van der Waals surface area contributed by atoms with Crippen molar-refractivity contribution in [1.29, 1.82) is 0 Å². The lowest BCUT2D eigenvalue weighted by Crippen LogP contribution is -2.37. The topological polar surface area (TPSA) is 76.3 Å². The third kappa shape index (κ3) is 3.90. The number of hydrogen-bond donors (Lipinski definition) is 0. The second kappa shape index (κ2) is 7.77. The van der Waals surface area contributed by atoms with Crippen LogP contribution in [0, 0.1) is 5.92 Å². The first-order valence-corrected chi connectivity index (χ1v) is 11.4. The molecule has 2 aromatic carbocycles. The third-order valence-electron chi connectivity index (χ3n) is 5.01. The number of nitrogens with zero attached hydrogens (tertiary/aromatic N) is 3. The van der Waals surface area contributed by atoms with E-state index in [1.165, 1.54) is 0 Å². The minimum atomic E-state index is -3.46. The van der Waals surface area contributed by atoms with E-state index in [4.69, 9.17) is 4.52 Å². The first-order chi connectivity index (χ1) is 13.4. The summed E-state index contributed by atoms with van der Waals surface area (Å²) >= 11 is 3.39. The fourth-order valence-corrected chi connectivity index (χ4v) is 4.93. The van der Waals surface area contributed by atoms with Crippen molar-refractivity contribution in [1.82, 2.24) is 14.4 Å². The molecule has 1 aliphatic heterocycles. The van der Waals surface area contributed by atoms with Gasteiger partial charge in [0.05, 0.1) is 4.90 Å². The lowest BCUT2D eigenvalue weighted by atomic mass is 10.0. The first-order valence-electron chi connectivity index (χ1n) is 9.14. The smallest absolute Gasteiger partial charge is 0.258 e. The van der Waals surface area contributed by atoms with Crippen molar-refractivity contribution in [3.05, 3.63) is 53.0 Å². The highest BCUT2D eigenvalue weighted by Crippen LogP contribution is 2.27. The first kappa shape index (κ1) is 19.3. The summed E-state index contributed by atoms with van der Waals surface area (Å²) in [6.07, 6.45) is 1.80. The average molecular weight is 462 g/mol. The Balaban J connectivity index is 1.54. The average Bonchev–Trinajstić information content (AvgIpc) is 3.19. The van der Waals surface area contributed by atoms with Gasteiger partial charge in [0.2, 0.25) is 15.8 Å². The molecule has 0 spiro atoms. The Bertz CT molecular complexity index is 1050. The molecule has 2 heterocycles. The zero-order chi connectivity index (χ0) is 19.7. The van der Waals surface area contributed by atoms with Crippen LogP contribution >= 0.6 is 15.9 Å². The largest absolute Gasteiger partial charge is 0.334 e. The van der Waals surface area contributed by atoms with Gasteiger partial charge in [-0.1, -0.05) is 28.0 Å². The summed E-state index contributed by atoms with van der Waals surface area (Å²) in [4.78, 5) is 4.71. The van der Waals surface area contributed by atoms with Gasteiger partial charge in [-0.15, -0.1) is 0 Å². The molecule has 1 saturated heterocycles. The molecule has 0 atom stereocenters. The molecule has 1 aliphatic rings. The summed E-state index contributed by atoms with van der Waals surface area (Å²) in [7, 11) is -3.46. The maximum absolute atomic E-state index is 12.8. The highest BCUT2D eigenvalue weighted by atomic mass is 79.9. The second-order valence-electron chi connectivity index (χ2n) is 7.04. The molecule has 3 aromatic rings. The van der Waals surface area contributed by atoms with Crippen molar-refractivity contribution in [2.75, 3.05) is 13.1 Å². The Labute approximate surface area is 172 Å². The predicted octanol–water partition coefficient (Wildman–Crippen LogP) is 4.59. The van der Waals surface area contributed by atoms with Crippen LogP contribution in [-0.4, -0.2) is 36.0 Å². The lowest BCUT2D eigenvalue weighted by Gasteiger charge is -2.29. The van der Waals surface area contributed by atoms with Gasteiger partial charge in [0.1, 0.15) is 0 Å². The van der Waals surface area contributed by atoms with Gasteiger partial charge in [-0.05, 0) is 67.3 Å². The summed E-state index contributed by atoms with van der Waals surface area (Å²) in [5, 5.41) is 4.02. The Kier molecular flexibility index (Phi) is 5.35. The molecular formula is C20H20BrN3O3S. The number of aromatic nitrogens is 2. The van der Waals surface area contributed by atoms with Gasteiger partial charge in [0, 0.05) is 28.7 Å². The molecule has 1 fully saturated rings. The van der Waals surface area contributed by atoms with Crippen LogP contribution in [0.4, 0.5) is 0 Å². The molecule has 4 rings (SSSR count). The summed E-state index contributed by atoms with van der Waals surface area (Å²) in [5.74, 6) is 1.42. The highest BCUT2D eigenvalue weighted by Gasteiger charge is 2.28. The zero-order valence-corrected chi connectivity index (χ0v) is 17.8. The van der Waals surface area contributed by atoms with Crippen LogP contribution in [0.5, 0.6) is 0 Å². The SMILES string of the molecule is CC1CCN(S(=O)(=O)c2ccc(-c3noc(-c4ccc(Br)cc4)n3)cc2)CC1. The van der Waals surface area contributed by atoms with E-state index in [9.17, 15) is 8.42 Å². The molecule has 146 valence electrons. The van der Waals surface area contributed by atoms with Gasteiger partial charge in [-0.3, -0.25) is 0 Å². The Morgan fingerprint density at radius 2 is 1.61 bits per heavy atom. The fraction of sp³-hybridized carbons (Fsp3) is 0.300.